The summed E-state index contributed by atoms with van der Waals surface area (Å²) in [6, 6.07) is -0.270. The van der Waals surface area contributed by atoms with Gasteiger partial charge in [0.2, 0.25) is 5.91 Å². The van der Waals surface area contributed by atoms with Crippen LogP contribution in [0.1, 0.15) is 19.8 Å². The standard InChI is InChI=1S/C8H16N2OS/c1-2-3-7(9)8(11)10-4-5-12-6-10/h7H,2-6,9H2,1H3. The van der Waals surface area contributed by atoms with Crippen molar-refractivity contribution in [1.29, 1.82) is 0 Å². The Morgan fingerprint density at radius 3 is 3.00 bits per heavy atom. The number of nitrogens with two attached hydrogens (primary N) is 1. The van der Waals surface area contributed by atoms with E-state index < -0.39 is 0 Å². The maximum Gasteiger partial charge on any atom is 0.240 e. The zero-order chi connectivity index (χ0) is 8.97. The van der Waals surface area contributed by atoms with Gasteiger partial charge in [0.1, 0.15) is 0 Å². The minimum Gasteiger partial charge on any atom is -0.331 e. The first kappa shape index (κ1) is 9.86. The number of rotatable bonds is 3. The van der Waals surface area contributed by atoms with Crippen LogP contribution >= 0.6 is 11.8 Å². The number of carbonyl (C=O) groups is 1. The van der Waals surface area contributed by atoms with Gasteiger partial charge in [0.15, 0.2) is 0 Å². The Bertz CT molecular complexity index is 157. The lowest BCUT2D eigenvalue weighted by Crippen LogP contribution is -2.42. The van der Waals surface area contributed by atoms with Gasteiger partial charge in [-0.25, -0.2) is 0 Å². The van der Waals surface area contributed by atoms with Gasteiger partial charge < -0.3 is 10.6 Å². The van der Waals surface area contributed by atoms with Gasteiger partial charge in [0.25, 0.3) is 0 Å². The van der Waals surface area contributed by atoms with E-state index in [9.17, 15) is 4.79 Å². The zero-order valence-electron chi connectivity index (χ0n) is 7.45. The predicted octanol–water partition coefficient (Wildman–Crippen LogP) is 0.647. The lowest BCUT2D eigenvalue weighted by atomic mass is 10.1. The first-order chi connectivity index (χ1) is 5.75. The van der Waals surface area contributed by atoms with Crippen molar-refractivity contribution >= 4 is 17.7 Å². The van der Waals surface area contributed by atoms with E-state index in [1.807, 2.05) is 11.8 Å². The molecule has 1 aliphatic rings. The van der Waals surface area contributed by atoms with Gasteiger partial charge in [0, 0.05) is 12.3 Å². The van der Waals surface area contributed by atoms with Crippen molar-refractivity contribution in [2.24, 2.45) is 5.73 Å². The van der Waals surface area contributed by atoms with Crippen LogP contribution in [0.3, 0.4) is 0 Å². The molecule has 12 heavy (non-hydrogen) atoms. The summed E-state index contributed by atoms with van der Waals surface area (Å²) in [5.74, 6) is 2.02. The van der Waals surface area contributed by atoms with E-state index in [4.69, 9.17) is 5.73 Å². The molecular weight excluding hydrogens is 172 g/mol. The molecule has 0 aromatic carbocycles. The van der Waals surface area contributed by atoms with Crippen molar-refractivity contribution in [3.63, 3.8) is 0 Å². The number of thioether (sulfide) groups is 1. The van der Waals surface area contributed by atoms with Gasteiger partial charge >= 0.3 is 0 Å². The van der Waals surface area contributed by atoms with E-state index in [0.717, 1.165) is 31.0 Å². The third-order valence-electron chi connectivity index (χ3n) is 1.98. The number of amides is 1. The Balaban J connectivity index is 2.34. The van der Waals surface area contributed by atoms with Crippen LogP contribution in [0.15, 0.2) is 0 Å². The molecule has 70 valence electrons. The molecule has 1 amide bonds. The van der Waals surface area contributed by atoms with Crippen LogP contribution in [0.5, 0.6) is 0 Å². The van der Waals surface area contributed by atoms with Gasteiger partial charge in [-0.2, -0.15) is 0 Å². The molecule has 2 N–H and O–H groups in total. The van der Waals surface area contributed by atoms with Crippen molar-refractivity contribution < 1.29 is 4.79 Å². The minimum absolute atomic E-state index is 0.127. The smallest absolute Gasteiger partial charge is 0.240 e. The van der Waals surface area contributed by atoms with E-state index in [1.165, 1.54) is 0 Å². The summed E-state index contributed by atoms with van der Waals surface area (Å²) in [6.45, 7) is 2.92. The highest BCUT2D eigenvalue weighted by Gasteiger charge is 2.22. The summed E-state index contributed by atoms with van der Waals surface area (Å²) < 4.78 is 0. The summed E-state index contributed by atoms with van der Waals surface area (Å²) in [6.07, 6.45) is 1.79. The fraction of sp³-hybridized carbons (Fsp3) is 0.875. The molecule has 1 unspecified atom stereocenters. The SMILES string of the molecule is CCCC(N)C(=O)N1CCSC1. The average Bonchev–Trinajstić information content (AvgIpc) is 2.55. The summed E-state index contributed by atoms with van der Waals surface area (Å²) >= 11 is 1.80. The van der Waals surface area contributed by atoms with Crippen molar-refractivity contribution in [3.05, 3.63) is 0 Å². The van der Waals surface area contributed by atoms with Crippen molar-refractivity contribution in [3.8, 4) is 0 Å². The molecule has 1 fully saturated rings. The van der Waals surface area contributed by atoms with E-state index in [1.54, 1.807) is 11.8 Å². The monoisotopic (exact) mass is 188 g/mol. The number of carbonyl (C=O) groups excluding carboxylic acids is 1. The molecule has 0 aromatic rings. The average molecular weight is 188 g/mol. The van der Waals surface area contributed by atoms with Gasteiger partial charge in [-0.3, -0.25) is 4.79 Å². The molecule has 0 spiro atoms. The van der Waals surface area contributed by atoms with Gasteiger partial charge in [-0.05, 0) is 6.42 Å². The lowest BCUT2D eigenvalue weighted by Gasteiger charge is -2.18. The molecule has 1 aliphatic heterocycles. The Labute approximate surface area is 77.7 Å². The third kappa shape index (κ3) is 2.38. The number of hydrogen-bond donors (Lipinski definition) is 1. The molecule has 0 aliphatic carbocycles. The van der Waals surface area contributed by atoms with Crippen LogP contribution < -0.4 is 5.73 Å². The van der Waals surface area contributed by atoms with Crippen LogP contribution in [0.2, 0.25) is 0 Å². The maximum atomic E-state index is 11.5. The first-order valence-corrected chi connectivity index (χ1v) is 5.53. The first-order valence-electron chi connectivity index (χ1n) is 4.37. The van der Waals surface area contributed by atoms with E-state index >= 15 is 0 Å². The van der Waals surface area contributed by atoms with Crippen LogP contribution in [0.25, 0.3) is 0 Å². The molecule has 0 saturated carbocycles. The second-order valence-corrected chi connectivity index (χ2v) is 4.11. The van der Waals surface area contributed by atoms with Gasteiger partial charge in [0.05, 0.1) is 11.9 Å². The Kier molecular flexibility index (Phi) is 3.88. The van der Waals surface area contributed by atoms with Crippen LogP contribution in [-0.2, 0) is 4.79 Å². The zero-order valence-corrected chi connectivity index (χ0v) is 8.27. The van der Waals surface area contributed by atoms with Crippen molar-refractivity contribution in [2.45, 2.75) is 25.8 Å². The highest BCUT2D eigenvalue weighted by atomic mass is 32.2. The molecular formula is C8H16N2OS. The van der Waals surface area contributed by atoms with Crippen LogP contribution in [0.4, 0.5) is 0 Å². The minimum atomic E-state index is -0.270. The molecule has 1 heterocycles. The van der Waals surface area contributed by atoms with E-state index in [-0.39, 0.29) is 11.9 Å². The summed E-state index contributed by atoms with van der Waals surface area (Å²) in [5, 5.41) is 0. The highest BCUT2D eigenvalue weighted by molar-refractivity contribution is 7.99. The fourth-order valence-corrected chi connectivity index (χ4v) is 2.21. The largest absolute Gasteiger partial charge is 0.331 e. The molecule has 1 rings (SSSR count). The van der Waals surface area contributed by atoms with Gasteiger partial charge in [-0.15, -0.1) is 11.8 Å². The second kappa shape index (κ2) is 4.72. The number of nitrogens with zero attached hydrogens (tertiary/aromatic N) is 1. The van der Waals surface area contributed by atoms with Crippen molar-refractivity contribution in [1.82, 2.24) is 4.90 Å². The summed E-state index contributed by atoms with van der Waals surface area (Å²) in [5.41, 5.74) is 5.71. The summed E-state index contributed by atoms with van der Waals surface area (Å²) in [4.78, 5) is 13.4. The number of hydrogen-bond acceptors (Lipinski definition) is 3. The van der Waals surface area contributed by atoms with Crippen molar-refractivity contribution in [2.75, 3.05) is 18.2 Å². The molecule has 3 nitrogen and oxygen atoms in total. The molecule has 1 saturated heterocycles. The Morgan fingerprint density at radius 1 is 1.75 bits per heavy atom. The lowest BCUT2D eigenvalue weighted by molar-refractivity contribution is -0.131. The molecule has 0 bridgehead atoms. The second-order valence-electron chi connectivity index (χ2n) is 3.03. The normalized spacial score (nSPS) is 19.7. The Morgan fingerprint density at radius 2 is 2.50 bits per heavy atom. The van der Waals surface area contributed by atoms with Crippen LogP contribution in [-0.4, -0.2) is 35.0 Å². The highest BCUT2D eigenvalue weighted by Crippen LogP contribution is 2.14. The van der Waals surface area contributed by atoms with Crippen LogP contribution in [0, 0.1) is 0 Å². The van der Waals surface area contributed by atoms with E-state index in [2.05, 4.69) is 0 Å². The molecule has 0 radical (unpaired) electrons. The topological polar surface area (TPSA) is 46.3 Å². The third-order valence-corrected chi connectivity index (χ3v) is 2.95. The Hall–Kier alpha value is -0.220. The van der Waals surface area contributed by atoms with E-state index in [0.29, 0.717) is 0 Å². The van der Waals surface area contributed by atoms with Gasteiger partial charge in [-0.1, -0.05) is 13.3 Å². The molecule has 0 aromatic heterocycles. The summed E-state index contributed by atoms with van der Waals surface area (Å²) in [7, 11) is 0. The molecule has 1 atom stereocenters. The maximum absolute atomic E-state index is 11.5. The quantitative estimate of drug-likeness (QED) is 0.707. The fourth-order valence-electron chi connectivity index (χ4n) is 1.26. The molecule has 4 heteroatoms. The predicted molar refractivity (Wildman–Crippen MR) is 51.9 cm³/mol.